The van der Waals surface area contributed by atoms with Gasteiger partial charge in [0.2, 0.25) is 5.92 Å². The Hall–Kier alpha value is 1.50. The van der Waals surface area contributed by atoms with Crippen LogP contribution in [0.1, 0.15) is 32.1 Å². The molecule has 0 aromatic rings. The van der Waals surface area contributed by atoms with Crippen LogP contribution in [-0.2, 0) is 0 Å². The molecular formula is C9H13F2K. The van der Waals surface area contributed by atoms with Gasteiger partial charge in [-0.1, -0.05) is 5.92 Å². The van der Waals surface area contributed by atoms with Crippen molar-refractivity contribution in [2.75, 3.05) is 0 Å². The minimum atomic E-state index is -2.34. The minimum Gasteiger partial charge on any atom is -0.330 e. The Kier molecular flexibility index (Phi) is 4.19. The van der Waals surface area contributed by atoms with E-state index in [1.165, 1.54) is 6.42 Å². The van der Waals surface area contributed by atoms with Crippen molar-refractivity contribution >= 4 is 0 Å². The van der Waals surface area contributed by atoms with Crippen molar-refractivity contribution in [1.29, 1.82) is 0 Å². The van der Waals surface area contributed by atoms with Crippen LogP contribution in [0, 0.1) is 18.3 Å². The maximum atomic E-state index is 12.7. The first kappa shape index (κ1) is 11.6. The summed E-state index contributed by atoms with van der Waals surface area (Å²) in [7, 11) is 0. The molecule has 64 valence electrons. The Morgan fingerprint density at radius 2 is 1.67 bits per heavy atom. The summed E-state index contributed by atoms with van der Waals surface area (Å²) in [5.41, 5.74) is 0. The van der Waals surface area contributed by atoms with E-state index in [1.54, 1.807) is 0 Å². The molecule has 2 aliphatic rings. The second-order valence-corrected chi connectivity index (χ2v) is 3.83. The van der Waals surface area contributed by atoms with Crippen LogP contribution in [0.25, 0.3) is 0 Å². The van der Waals surface area contributed by atoms with Crippen molar-refractivity contribution in [1.82, 2.24) is 0 Å². The number of halogens is 2. The van der Waals surface area contributed by atoms with Crippen molar-refractivity contribution in [3.63, 3.8) is 0 Å². The monoisotopic (exact) mass is 198 g/mol. The van der Waals surface area contributed by atoms with Gasteiger partial charge in [0.25, 0.3) is 0 Å². The normalized spacial score (nSPS) is 34.0. The van der Waals surface area contributed by atoms with E-state index in [9.17, 15) is 8.78 Å². The van der Waals surface area contributed by atoms with E-state index >= 15 is 0 Å². The molecule has 0 saturated heterocycles. The van der Waals surface area contributed by atoms with Gasteiger partial charge in [-0.25, -0.2) is 15.2 Å². The van der Waals surface area contributed by atoms with Gasteiger partial charge < -0.3 is 6.42 Å². The van der Waals surface area contributed by atoms with Crippen molar-refractivity contribution in [2.45, 2.75) is 38.0 Å². The molecule has 0 radical (unpaired) electrons. The van der Waals surface area contributed by atoms with Crippen LogP contribution < -0.4 is 51.4 Å². The standard InChI is InChI=1S/C9H13F2.K/c10-9(11)5-3-8(4-6-9)7-1-2-7;/h1,7-8H,2-6H2;/q-1;+1/t7-;/m1./s1. The van der Waals surface area contributed by atoms with Crippen molar-refractivity contribution in [3.05, 3.63) is 6.42 Å². The molecule has 2 aliphatic carbocycles. The molecular weight excluding hydrogens is 185 g/mol. The molecule has 0 aliphatic heterocycles. The second kappa shape index (κ2) is 4.35. The molecule has 0 spiro atoms. The molecule has 0 amide bonds. The first-order valence-corrected chi connectivity index (χ1v) is 4.38. The van der Waals surface area contributed by atoms with Gasteiger partial charge in [-0.15, -0.1) is 0 Å². The topological polar surface area (TPSA) is 0 Å². The predicted molar refractivity (Wildman–Crippen MR) is 39.3 cm³/mol. The molecule has 0 N–H and O–H groups in total. The smallest absolute Gasteiger partial charge is 0.330 e. The Bertz CT molecular complexity index is 145. The number of rotatable bonds is 1. The van der Waals surface area contributed by atoms with Crippen LogP contribution in [0.4, 0.5) is 8.78 Å². The van der Waals surface area contributed by atoms with E-state index in [4.69, 9.17) is 0 Å². The van der Waals surface area contributed by atoms with Crippen molar-refractivity contribution < 1.29 is 60.2 Å². The largest absolute Gasteiger partial charge is 1.00 e. The van der Waals surface area contributed by atoms with E-state index < -0.39 is 5.92 Å². The molecule has 3 heteroatoms. The number of hydrogen-bond acceptors (Lipinski definition) is 0. The molecule has 2 rings (SSSR count). The van der Waals surface area contributed by atoms with Crippen LogP contribution >= 0.6 is 0 Å². The molecule has 0 aromatic heterocycles. The fraction of sp³-hybridized carbons (Fsp3) is 0.889. The van der Waals surface area contributed by atoms with E-state index in [1.807, 2.05) is 0 Å². The maximum absolute atomic E-state index is 12.7. The van der Waals surface area contributed by atoms with E-state index in [-0.39, 0.29) is 64.2 Å². The summed E-state index contributed by atoms with van der Waals surface area (Å²) < 4.78 is 25.3. The average molecular weight is 198 g/mol. The van der Waals surface area contributed by atoms with Crippen molar-refractivity contribution in [2.24, 2.45) is 11.8 Å². The van der Waals surface area contributed by atoms with Gasteiger partial charge >= 0.3 is 51.4 Å². The molecule has 2 saturated carbocycles. The Morgan fingerprint density at radius 1 is 1.17 bits per heavy atom. The quantitative estimate of drug-likeness (QED) is 0.412. The SMILES string of the molecule is FC1(F)CCC([C@@H]2[CH-]C2)CC1.[K+]. The summed E-state index contributed by atoms with van der Waals surface area (Å²) in [6.07, 6.45) is 5.16. The zero-order chi connectivity index (χ0) is 7.90. The third kappa shape index (κ3) is 3.01. The molecule has 0 nitrogen and oxygen atoms in total. The third-order valence-corrected chi connectivity index (χ3v) is 2.88. The first-order valence-electron chi connectivity index (χ1n) is 4.38. The van der Waals surface area contributed by atoms with Gasteiger partial charge in [-0.05, 0) is 12.8 Å². The van der Waals surface area contributed by atoms with E-state index in [0.717, 1.165) is 12.8 Å². The Labute approximate surface area is 115 Å². The molecule has 0 unspecified atom stereocenters. The minimum absolute atomic E-state index is 0. The van der Waals surface area contributed by atoms with Crippen LogP contribution in [0.3, 0.4) is 0 Å². The Balaban J connectivity index is 0.000000720. The van der Waals surface area contributed by atoms with E-state index in [2.05, 4.69) is 6.42 Å². The first-order chi connectivity index (χ1) is 5.17. The van der Waals surface area contributed by atoms with Crippen LogP contribution in [-0.4, -0.2) is 5.92 Å². The summed E-state index contributed by atoms with van der Waals surface area (Å²) in [6.45, 7) is 0. The van der Waals surface area contributed by atoms with Crippen LogP contribution in [0.5, 0.6) is 0 Å². The van der Waals surface area contributed by atoms with Gasteiger partial charge in [0.15, 0.2) is 0 Å². The van der Waals surface area contributed by atoms with Gasteiger partial charge in [0.05, 0.1) is 0 Å². The molecule has 0 aromatic carbocycles. The van der Waals surface area contributed by atoms with E-state index in [0.29, 0.717) is 11.8 Å². The second-order valence-electron chi connectivity index (χ2n) is 3.83. The summed E-state index contributed by atoms with van der Waals surface area (Å²) in [4.78, 5) is 0. The summed E-state index contributed by atoms with van der Waals surface area (Å²) in [6, 6.07) is 0. The molecule has 2 fully saturated rings. The predicted octanol–water partition coefficient (Wildman–Crippen LogP) is 0.0401. The van der Waals surface area contributed by atoms with Crippen molar-refractivity contribution in [3.8, 4) is 0 Å². The summed E-state index contributed by atoms with van der Waals surface area (Å²) in [5, 5.41) is 0. The zero-order valence-electron chi connectivity index (χ0n) is 7.52. The third-order valence-electron chi connectivity index (χ3n) is 2.88. The summed E-state index contributed by atoms with van der Waals surface area (Å²) >= 11 is 0. The fourth-order valence-electron chi connectivity index (χ4n) is 1.95. The number of hydrogen-bond donors (Lipinski definition) is 0. The van der Waals surface area contributed by atoms with Crippen LogP contribution in [0.15, 0.2) is 0 Å². The van der Waals surface area contributed by atoms with Gasteiger partial charge in [-0.3, -0.25) is 0 Å². The fourth-order valence-corrected chi connectivity index (χ4v) is 1.95. The summed E-state index contributed by atoms with van der Waals surface area (Å²) in [5.74, 6) is -1.05. The Morgan fingerprint density at radius 3 is 2.08 bits per heavy atom. The number of alkyl halides is 2. The average Bonchev–Trinajstić information content (AvgIpc) is 2.70. The molecule has 1 atom stereocenters. The van der Waals surface area contributed by atoms with Gasteiger partial charge in [0, 0.05) is 12.8 Å². The molecule has 0 bridgehead atoms. The maximum Gasteiger partial charge on any atom is 1.00 e. The molecule has 12 heavy (non-hydrogen) atoms. The van der Waals surface area contributed by atoms with Gasteiger partial charge in [0.1, 0.15) is 0 Å². The molecule has 0 heterocycles. The van der Waals surface area contributed by atoms with Gasteiger partial charge in [-0.2, -0.15) is 5.92 Å². The zero-order valence-corrected chi connectivity index (χ0v) is 10.6. The van der Waals surface area contributed by atoms with Crippen LogP contribution in [0.2, 0.25) is 0 Å².